The molecular formula is C13H26N2. The van der Waals surface area contributed by atoms with Crippen LogP contribution < -0.4 is 10.6 Å². The summed E-state index contributed by atoms with van der Waals surface area (Å²) in [5, 5.41) is 7.28. The average molecular weight is 210 g/mol. The molecule has 0 bridgehead atoms. The minimum atomic E-state index is 0.729. The lowest BCUT2D eigenvalue weighted by Gasteiger charge is -2.29. The Bertz CT molecular complexity index is 169. The van der Waals surface area contributed by atoms with Gasteiger partial charge in [0.25, 0.3) is 0 Å². The molecule has 1 saturated heterocycles. The zero-order valence-corrected chi connectivity index (χ0v) is 10.1. The second-order valence-corrected chi connectivity index (χ2v) is 5.39. The van der Waals surface area contributed by atoms with Crippen molar-refractivity contribution in [1.29, 1.82) is 0 Å². The minimum absolute atomic E-state index is 0.729. The van der Waals surface area contributed by atoms with Crippen molar-refractivity contribution in [3.8, 4) is 0 Å². The van der Waals surface area contributed by atoms with Crippen LogP contribution in [0.1, 0.15) is 51.9 Å². The van der Waals surface area contributed by atoms with Crippen LogP contribution in [0.25, 0.3) is 0 Å². The monoisotopic (exact) mass is 210 g/mol. The van der Waals surface area contributed by atoms with Crippen molar-refractivity contribution < 1.29 is 0 Å². The van der Waals surface area contributed by atoms with Gasteiger partial charge in [-0.05, 0) is 45.1 Å². The van der Waals surface area contributed by atoms with Gasteiger partial charge >= 0.3 is 0 Å². The Labute approximate surface area is 94.2 Å². The van der Waals surface area contributed by atoms with Gasteiger partial charge in [-0.15, -0.1) is 0 Å². The molecule has 1 heterocycles. The van der Waals surface area contributed by atoms with E-state index in [0.29, 0.717) is 0 Å². The molecule has 2 fully saturated rings. The molecule has 2 N–H and O–H groups in total. The third-order valence-electron chi connectivity index (χ3n) is 4.21. The molecule has 88 valence electrons. The van der Waals surface area contributed by atoms with Gasteiger partial charge in [0.2, 0.25) is 0 Å². The van der Waals surface area contributed by atoms with Crippen molar-refractivity contribution in [2.75, 3.05) is 13.1 Å². The molecular weight excluding hydrogens is 184 g/mol. The fourth-order valence-corrected chi connectivity index (χ4v) is 3.06. The van der Waals surface area contributed by atoms with Gasteiger partial charge in [0.05, 0.1) is 0 Å². The maximum absolute atomic E-state index is 3.73. The van der Waals surface area contributed by atoms with Crippen molar-refractivity contribution in [2.45, 2.75) is 64.0 Å². The summed E-state index contributed by atoms with van der Waals surface area (Å²) in [6, 6.07) is 1.48. The van der Waals surface area contributed by atoms with Crippen LogP contribution in [0.2, 0.25) is 0 Å². The smallest absolute Gasteiger partial charge is 0.0193 e. The van der Waals surface area contributed by atoms with E-state index in [4.69, 9.17) is 0 Å². The van der Waals surface area contributed by atoms with Crippen molar-refractivity contribution in [1.82, 2.24) is 10.6 Å². The summed E-state index contributed by atoms with van der Waals surface area (Å²) < 4.78 is 0. The van der Waals surface area contributed by atoms with E-state index in [1.807, 2.05) is 0 Å². The third-order valence-corrected chi connectivity index (χ3v) is 4.21. The van der Waals surface area contributed by atoms with Crippen LogP contribution in [0.5, 0.6) is 0 Å². The summed E-state index contributed by atoms with van der Waals surface area (Å²) in [6.07, 6.45) is 10.0. The molecule has 15 heavy (non-hydrogen) atoms. The summed E-state index contributed by atoms with van der Waals surface area (Å²) in [7, 11) is 0. The average Bonchev–Trinajstić information content (AvgIpc) is 2.80. The first-order valence-corrected chi connectivity index (χ1v) is 6.83. The van der Waals surface area contributed by atoms with E-state index >= 15 is 0 Å². The Balaban J connectivity index is 1.64. The molecule has 1 saturated carbocycles. The first-order chi connectivity index (χ1) is 7.36. The highest BCUT2D eigenvalue weighted by molar-refractivity contribution is 4.81. The predicted octanol–water partition coefficient (Wildman–Crippen LogP) is 2.30. The van der Waals surface area contributed by atoms with E-state index < -0.39 is 0 Å². The molecule has 2 rings (SSSR count). The van der Waals surface area contributed by atoms with Gasteiger partial charge in [-0.25, -0.2) is 0 Å². The number of hydrogen-bond donors (Lipinski definition) is 2. The Morgan fingerprint density at radius 1 is 1.13 bits per heavy atom. The lowest BCUT2D eigenvalue weighted by molar-refractivity contribution is 0.277. The third kappa shape index (κ3) is 3.46. The molecule has 2 nitrogen and oxygen atoms in total. The maximum atomic E-state index is 3.73. The number of nitrogens with one attached hydrogen (secondary N) is 2. The lowest BCUT2D eigenvalue weighted by atomic mass is 9.84. The molecule has 0 aromatic rings. The molecule has 1 unspecified atom stereocenters. The molecule has 2 atom stereocenters. The number of hydrogen-bond acceptors (Lipinski definition) is 2. The van der Waals surface area contributed by atoms with Gasteiger partial charge in [-0.3, -0.25) is 0 Å². The maximum Gasteiger partial charge on any atom is 0.0193 e. The zero-order valence-electron chi connectivity index (χ0n) is 10.1. The van der Waals surface area contributed by atoms with Crippen LogP contribution in [0, 0.1) is 5.92 Å². The fraction of sp³-hybridized carbons (Fsp3) is 1.00. The van der Waals surface area contributed by atoms with E-state index in [0.717, 1.165) is 18.0 Å². The van der Waals surface area contributed by atoms with E-state index in [2.05, 4.69) is 17.6 Å². The molecule has 1 aliphatic heterocycles. The summed E-state index contributed by atoms with van der Waals surface area (Å²) in [5.74, 6) is 0.945. The minimum Gasteiger partial charge on any atom is -0.313 e. The quantitative estimate of drug-likeness (QED) is 0.744. The normalized spacial score (nSPS) is 30.6. The Morgan fingerprint density at radius 2 is 1.93 bits per heavy atom. The summed E-state index contributed by atoms with van der Waals surface area (Å²) >= 11 is 0. The summed E-state index contributed by atoms with van der Waals surface area (Å²) in [6.45, 7) is 4.78. The topological polar surface area (TPSA) is 24.1 Å². The van der Waals surface area contributed by atoms with Gasteiger partial charge in [-0.2, -0.15) is 0 Å². The van der Waals surface area contributed by atoms with Crippen LogP contribution in [0.3, 0.4) is 0 Å². The van der Waals surface area contributed by atoms with Crippen LogP contribution in [-0.2, 0) is 0 Å². The summed E-state index contributed by atoms with van der Waals surface area (Å²) in [4.78, 5) is 0. The Morgan fingerprint density at radius 3 is 2.60 bits per heavy atom. The molecule has 0 aromatic heterocycles. The second-order valence-electron chi connectivity index (χ2n) is 5.39. The van der Waals surface area contributed by atoms with E-state index in [-0.39, 0.29) is 0 Å². The van der Waals surface area contributed by atoms with Gasteiger partial charge in [0, 0.05) is 18.6 Å². The van der Waals surface area contributed by atoms with Crippen molar-refractivity contribution in [3.63, 3.8) is 0 Å². The molecule has 0 aromatic carbocycles. The molecule has 0 radical (unpaired) electrons. The van der Waals surface area contributed by atoms with Gasteiger partial charge < -0.3 is 10.6 Å². The Hall–Kier alpha value is -0.0800. The first-order valence-electron chi connectivity index (χ1n) is 6.83. The highest BCUT2D eigenvalue weighted by Crippen LogP contribution is 2.26. The van der Waals surface area contributed by atoms with Crippen molar-refractivity contribution in [3.05, 3.63) is 0 Å². The van der Waals surface area contributed by atoms with Gasteiger partial charge in [0.1, 0.15) is 0 Å². The van der Waals surface area contributed by atoms with E-state index in [9.17, 15) is 0 Å². The second kappa shape index (κ2) is 5.86. The largest absolute Gasteiger partial charge is 0.313 e. The Kier molecular flexibility index (Phi) is 4.45. The SMILES string of the molecule is C[C@H](NCC1CCCN1)C1CCCCC1. The van der Waals surface area contributed by atoms with Gasteiger partial charge in [0.15, 0.2) is 0 Å². The van der Waals surface area contributed by atoms with Crippen molar-refractivity contribution in [2.24, 2.45) is 5.92 Å². The zero-order chi connectivity index (χ0) is 10.5. The number of rotatable bonds is 4. The van der Waals surface area contributed by atoms with Crippen LogP contribution in [0.15, 0.2) is 0 Å². The van der Waals surface area contributed by atoms with Crippen LogP contribution in [-0.4, -0.2) is 25.2 Å². The highest BCUT2D eigenvalue weighted by atomic mass is 15.0. The summed E-state index contributed by atoms with van der Waals surface area (Å²) in [5.41, 5.74) is 0. The molecule has 0 spiro atoms. The standard InChI is InChI=1S/C13H26N2/c1-11(12-6-3-2-4-7-12)15-10-13-8-5-9-14-13/h11-15H,2-10H2,1H3/t11-,13?/m0/s1. The van der Waals surface area contributed by atoms with Crippen molar-refractivity contribution >= 4 is 0 Å². The van der Waals surface area contributed by atoms with E-state index in [1.165, 1.54) is 58.0 Å². The molecule has 0 amide bonds. The molecule has 1 aliphatic carbocycles. The first kappa shape index (κ1) is 11.4. The fourth-order valence-electron chi connectivity index (χ4n) is 3.06. The van der Waals surface area contributed by atoms with E-state index in [1.54, 1.807) is 0 Å². The highest BCUT2D eigenvalue weighted by Gasteiger charge is 2.21. The van der Waals surface area contributed by atoms with Crippen LogP contribution >= 0.6 is 0 Å². The molecule has 2 aliphatic rings. The van der Waals surface area contributed by atoms with Crippen LogP contribution in [0.4, 0.5) is 0 Å². The molecule has 2 heteroatoms. The lowest BCUT2D eigenvalue weighted by Crippen LogP contribution is -2.42. The van der Waals surface area contributed by atoms with Gasteiger partial charge in [-0.1, -0.05) is 19.3 Å². The predicted molar refractivity (Wildman–Crippen MR) is 65.1 cm³/mol.